The van der Waals surface area contributed by atoms with E-state index in [-0.39, 0.29) is 12.5 Å². The van der Waals surface area contributed by atoms with Gasteiger partial charge in [-0.25, -0.2) is 0 Å². The smallest absolute Gasteiger partial charge is 0.257 e. The van der Waals surface area contributed by atoms with E-state index in [1.165, 1.54) is 4.88 Å². The van der Waals surface area contributed by atoms with Crippen LogP contribution in [0.15, 0.2) is 35.7 Å². The summed E-state index contributed by atoms with van der Waals surface area (Å²) < 4.78 is 5.51. The van der Waals surface area contributed by atoms with Crippen molar-refractivity contribution >= 4 is 17.2 Å². The Labute approximate surface area is 123 Å². The molecule has 0 atom stereocenters. The van der Waals surface area contributed by atoms with E-state index in [9.17, 15) is 4.79 Å². The van der Waals surface area contributed by atoms with Crippen molar-refractivity contribution in [3.63, 3.8) is 0 Å². The zero-order valence-corrected chi connectivity index (χ0v) is 12.6. The summed E-state index contributed by atoms with van der Waals surface area (Å²) in [5.74, 6) is 0.664. The van der Waals surface area contributed by atoms with Crippen molar-refractivity contribution in [2.24, 2.45) is 0 Å². The number of nitrogens with one attached hydrogen (secondary N) is 1. The molecule has 0 spiro atoms. The first-order chi connectivity index (χ1) is 9.63. The first kappa shape index (κ1) is 14.6. The third kappa shape index (κ3) is 4.70. The quantitative estimate of drug-likeness (QED) is 0.887. The van der Waals surface area contributed by atoms with Crippen molar-refractivity contribution in [2.75, 3.05) is 13.2 Å². The predicted molar refractivity (Wildman–Crippen MR) is 82.4 cm³/mol. The second-order valence-electron chi connectivity index (χ2n) is 4.79. The summed E-state index contributed by atoms with van der Waals surface area (Å²) in [7, 11) is 0. The van der Waals surface area contributed by atoms with Gasteiger partial charge in [0.2, 0.25) is 0 Å². The van der Waals surface area contributed by atoms with Gasteiger partial charge in [-0.2, -0.15) is 0 Å². The number of hydrogen-bond donors (Lipinski definition) is 1. The fourth-order valence-corrected chi connectivity index (χ4v) is 2.71. The van der Waals surface area contributed by atoms with Gasteiger partial charge in [0.25, 0.3) is 5.91 Å². The van der Waals surface area contributed by atoms with Crippen LogP contribution in [0.1, 0.15) is 16.0 Å². The molecule has 20 heavy (non-hydrogen) atoms. The molecule has 2 rings (SSSR count). The number of benzene rings is 1. The van der Waals surface area contributed by atoms with E-state index in [0.29, 0.717) is 6.54 Å². The lowest BCUT2D eigenvalue weighted by molar-refractivity contribution is -0.123. The molecule has 2 aromatic rings. The summed E-state index contributed by atoms with van der Waals surface area (Å²) in [5, 5.41) is 4.91. The number of rotatable bonds is 6. The molecule has 0 radical (unpaired) electrons. The van der Waals surface area contributed by atoms with Crippen LogP contribution in [0.5, 0.6) is 5.75 Å². The lowest BCUT2D eigenvalue weighted by atomic mass is 10.1. The van der Waals surface area contributed by atoms with Crippen LogP contribution < -0.4 is 10.1 Å². The average Bonchev–Trinajstić information content (AvgIpc) is 2.88. The Morgan fingerprint density at radius 3 is 2.65 bits per heavy atom. The highest BCUT2D eigenvalue weighted by Crippen LogP contribution is 2.15. The zero-order chi connectivity index (χ0) is 14.4. The topological polar surface area (TPSA) is 38.3 Å². The number of carbonyl (C=O) groups is 1. The number of ether oxygens (including phenoxy) is 1. The number of hydrogen-bond acceptors (Lipinski definition) is 3. The Morgan fingerprint density at radius 2 is 2.00 bits per heavy atom. The van der Waals surface area contributed by atoms with Gasteiger partial charge in [-0.05, 0) is 55.0 Å². The zero-order valence-electron chi connectivity index (χ0n) is 11.8. The molecule has 1 N–H and O–H groups in total. The van der Waals surface area contributed by atoms with E-state index in [2.05, 4.69) is 17.4 Å². The summed E-state index contributed by atoms with van der Waals surface area (Å²) in [6.07, 6.45) is 0.868. The first-order valence-corrected chi connectivity index (χ1v) is 7.51. The van der Waals surface area contributed by atoms with Gasteiger partial charge in [-0.15, -0.1) is 11.3 Å². The number of aryl methyl sites for hydroxylation is 2. The van der Waals surface area contributed by atoms with Crippen LogP contribution in [0.4, 0.5) is 0 Å². The van der Waals surface area contributed by atoms with Crippen LogP contribution in [0, 0.1) is 13.8 Å². The van der Waals surface area contributed by atoms with E-state index in [1.807, 2.05) is 37.4 Å². The van der Waals surface area contributed by atoms with Crippen molar-refractivity contribution in [1.82, 2.24) is 5.32 Å². The summed E-state index contributed by atoms with van der Waals surface area (Å²) in [4.78, 5) is 13.0. The highest BCUT2D eigenvalue weighted by Gasteiger charge is 2.03. The third-order valence-electron chi connectivity index (χ3n) is 2.84. The van der Waals surface area contributed by atoms with Crippen LogP contribution in [-0.2, 0) is 11.2 Å². The minimum atomic E-state index is -0.0827. The van der Waals surface area contributed by atoms with Gasteiger partial charge in [0.1, 0.15) is 5.75 Å². The van der Waals surface area contributed by atoms with Crippen molar-refractivity contribution in [2.45, 2.75) is 20.3 Å². The molecule has 1 aromatic heterocycles. The van der Waals surface area contributed by atoms with Gasteiger partial charge in [0, 0.05) is 11.4 Å². The summed E-state index contributed by atoms with van der Waals surface area (Å²) >= 11 is 1.71. The first-order valence-electron chi connectivity index (χ1n) is 6.63. The van der Waals surface area contributed by atoms with Crippen molar-refractivity contribution < 1.29 is 9.53 Å². The molecule has 1 amide bonds. The number of thiophene rings is 1. The number of carbonyl (C=O) groups excluding carboxylic acids is 1. The molecule has 0 fully saturated rings. The standard InChI is InChI=1S/C16H19NO2S/c1-12-8-13(2)10-14(9-12)19-11-16(18)17-6-5-15-4-3-7-20-15/h3-4,7-10H,5-6,11H2,1-2H3,(H,17,18). The third-order valence-corrected chi connectivity index (χ3v) is 3.77. The Kier molecular flexibility index (Phi) is 5.18. The summed E-state index contributed by atoms with van der Waals surface area (Å²) in [6.45, 7) is 4.74. The normalized spacial score (nSPS) is 10.3. The van der Waals surface area contributed by atoms with Crippen molar-refractivity contribution in [3.8, 4) is 5.75 Å². The van der Waals surface area contributed by atoms with Crippen LogP contribution in [0.25, 0.3) is 0 Å². The fourth-order valence-electron chi connectivity index (χ4n) is 2.00. The van der Waals surface area contributed by atoms with Crippen LogP contribution in [-0.4, -0.2) is 19.1 Å². The molecular weight excluding hydrogens is 270 g/mol. The maximum Gasteiger partial charge on any atom is 0.257 e. The highest BCUT2D eigenvalue weighted by atomic mass is 32.1. The molecule has 0 aliphatic heterocycles. The van der Waals surface area contributed by atoms with E-state index in [1.54, 1.807) is 11.3 Å². The molecule has 0 aliphatic carbocycles. The minimum Gasteiger partial charge on any atom is -0.484 e. The minimum absolute atomic E-state index is 0.0628. The van der Waals surface area contributed by atoms with Gasteiger partial charge in [-0.3, -0.25) is 4.79 Å². The van der Waals surface area contributed by atoms with Crippen molar-refractivity contribution in [3.05, 3.63) is 51.7 Å². The van der Waals surface area contributed by atoms with E-state index < -0.39 is 0 Å². The van der Waals surface area contributed by atoms with Crippen LogP contribution in [0.3, 0.4) is 0 Å². The average molecular weight is 289 g/mol. The van der Waals surface area contributed by atoms with Crippen LogP contribution >= 0.6 is 11.3 Å². The van der Waals surface area contributed by atoms with E-state index in [0.717, 1.165) is 23.3 Å². The lowest BCUT2D eigenvalue weighted by Crippen LogP contribution is -2.30. The van der Waals surface area contributed by atoms with Crippen LogP contribution in [0.2, 0.25) is 0 Å². The van der Waals surface area contributed by atoms with E-state index in [4.69, 9.17) is 4.74 Å². The second-order valence-corrected chi connectivity index (χ2v) is 5.82. The Bertz CT molecular complexity index is 544. The lowest BCUT2D eigenvalue weighted by Gasteiger charge is -2.08. The molecule has 1 aromatic carbocycles. The fraction of sp³-hybridized carbons (Fsp3) is 0.312. The predicted octanol–water partition coefficient (Wildman–Crippen LogP) is 3.10. The van der Waals surface area contributed by atoms with Gasteiger partial charge in [0.15, 0.2) is 6.61 Å². The molecule has 0 bridgehead atoms. The summed E-state index contributed by atoms with van der Waals surface area (Å²) in [5.41, 5.74) is 2.27. The monoisotopic (exact) mass is 289 g/mol. The molecule has 3 nitrogen and oxygen atoms in total. The molecule has 0 saturated heterocycles. The Hall–Kier alpha value is -1.81. The van der Waals surface area contributed by atoms with Gasteiger partial charge < -0.3 is 10.1 Å². The maximum atomic E-state index is 11.7. The highest BCUT2D eigenvalue weighted by molar-refractivity contribution is 7.09. The molecule has 4 heteroatoms. The largest absolute Gasteiger partial charge is 0.484 e. The molecule has 106 valence electrons. The molecule has 0 unspecified atom stereocenters. The number of amides is 1. The molecule has 0 aliphatic rings. The molecule has 0 saturated carbocycles. The Balaban J connectivity index is 1.72. The molecule has 1 heterocycles. The summed E-state index contributed by atoms with van der Waals surface area (Å²) in [6, 6.07) is 10.0. The van der Waals surface area contributed by atoms with Gasteiger partial charge >= 0.3 is 0 Å². The SMILES string of the molecule is Cc1cc(C)cc(OCC(=O)NCCc2cccs2)c1. The van der Waals surface area contributed by atoms with E-state index >= 15 is 0 Å². The second kappa shape index (κ2) is 7.10. The van der Waals surface area contributed by atoms with Crippen molar-refractivity contribution in [1.29, 1.82) is 0 Å². The Morgan fingerprint density at radius 1 is 1.25 bits per heavy atom. The van der Waals surface area contributed by atoms with Gasteiger partial charge in [-0.1, -0.05) is 12.1 Å². The maximum absolute atomic E-state index is 11.7. The van der Waals surface area contributed by atoms with Gasteiger partial charge in [0.05, 0.1) is 0 Å². The molecular formula is C16H19NO2S.